The van der Waals surface area contributed by atoms with Gasteiger partial charge in [-0.2, -0.15) is 0 Å². The molecule has 202 valence electrons. The second-order valence-corrected chi connectivity index (χ2v) is 9.51. The van der Waals surface area contributed by atoms with Gasteiger partial charge < -0.3 is 18.8 Å². The largest absolute Gasteiger partial charge is 0.375 e. The molecular weight excluding hydrogens is 502 g/mol. The van der Waals surface area contributed by atoms with E-state index >= 15 is 0 Å². The van der Waals surface area contributed by atoms with Crippen LogP contribution in [0.3, 0.4) is 0 Å². The number of imidazole rings is 1. The summed E-state index contributed by atoms with van der Waals surface area (Å²) in [5.41, 5.74) is 13.3. The van der Waals surface area contributed by atoms with E-state index in [1.54, 1.807) is 6.92 Å². The first-order chi connectivity index (χ1) is 19.8. The molecule has 0 radical (unpaired) electrons. The molecule has 0 aliphatic carbocycles. The van der Waals surface area contributed by atoms with Crippen molar-refractivity contribution in [1.29, 1.82) is 0 Å². The molecule has 40 heavy (non-hydrogen) atoms. The second-order valence-electron chi connectivity index (χ2n) is 9.51. The molecule has 0 spiro atoms. The number of aromatic nitrogens is 2. The zero-order valence-corrected chi connectivity index (χ0v) is 22.3. The third-order valence-corrected chi connectivity index (χ3v) is 6.80. The summed E-state index contributed by atoms with van der Waals surface area (Å²) in [5.74, 6) is 6.53. The lowest BCUT2D eigenvalue weighted by atomic mass is 9.93. The molecular formula is C32H31N5O3. The number of nitrogens with zero attached hydrogens (tertiary/aromatic N) is 5. The molecule has 0 amide bonds. The number of ether oxygens (including phenoxy) is 3. The van der Waals surface area contributed by atoms with Gasteiger partial charge in [0.25, 0.3) is 0 Å². The molecule has 1 aliphatic heterocycles. The highest BCUT2D eigenvalue weighted by Gasteiger charge is 2.45. The fraction of sp³-hybridized carbons (Fsp3) is 0.281. The summed E-state index contributed by atoms with van der Waals surface area (Å²) in [6.07, 6.45) is 0.774. The number of hydrogen-bond acceptors (Lipinski definition) is 5. The lowest BCUT2D eigenvalue weighted by Gasteiger charge is -2.41. The Labute approximate surface area is 234 Å². The van der Waals surface area contributed by atoms with Gasteiger partial charge in [0, 0.05) is 11.1 Å². The zero-order chi connectivity index (χ0) is 27.6. The molecule has 3 aromatic carbocycles. The number of hydrogen-bond donors (Lipinski definition) is 0. The molecule has 4 atom stereocenters. The molecule has 5 rings (SSSR count). The summed E-state index contributed by atoms with van der Waals surface area (Å²) in [6.45, 7) is 3.24. The van der Waals surface area contributed by atoms with Crippen molar-refractivity contribution in [3.63, 3.8) is 0 Å². The van der Waals surface area contributed by atoms with E-state index in [1.165, 1.54) is 0 Å². The standard InChI is InChI=1S/C32H31N5O3/c1-2-12-27-19-37-28(23-38-20-24-13-6-3-7-14-24)30(39-21-25-15-8-4-9-16-25)31(29(35-36-33)32(37)34-27)40-22-26-17-10-5-11-18-26/h3-11,13-19,28-31H,20-23H2,1H3/t28?,29?,30-,31+/m0/s1. The summed E-state index contributed by atoms with van der Waals surface area (Å²) in [7, 11) is 0. The SMILES string of the molecule is CC#Cc1cn2c(n1)C(N=[N+]=[N-])[C@@H](OCc1ccccc1)[C@@H](OCc1ccccc1)C2COCc1ccccc1. The molecule has 0 saturated carbocycles. The second kappa shape index (κ2) is 13.6. The van der Waals surface area contributed by atoms with Gasteiger partial charge >= 0.3 is 0 Å². The predicted molar refractivity (Wildman–Crippen MR) is 152 cm³/mol. The first-order valence-corrected chi connectivity index (χ1v) is 13.2. The summed E-state index contributed by atoms with van der Waals surface area (Å²) in [4.78, 5) is 7.92. The third kappa shape index (κ3) is 6.60. The van der Waals surface area contributed by atoms with Crippen LogP contribution < -0.4 is 0 Å². The maximum atomic E-state index is 9.56. The molecule has 0 N–H and O–H groups in total. The van der Waals surface area contributed by atoms with Crippen molar-refractivity contribution in [2.24, 2.45) is 5.11 Å². The van der Waals surface area contributed by atoms with Crippen LogP contribution in [0, 0.1) is 11.8 Å². The lowest BCUT2D eigenvalue weighted by Crippen LogP contribution is -2.48. The first-order valence-electron chi connectivity index (χ1n) is 13.2. The van der Waals surface area contributed by atoms with Crippen LogP contribution in [0.25, 0.3) is 10.4 Å². The van der Waals surface area contributed by atoms with Crippen molar-refractivity contribution >= 4 is 0 Å². The highest BCUT2D eigenvalue weighted by atomic mass is 16.5. The van der Waals surface area contributed by atoms with E-state index in [2.05, 4.69) is 21.9 Å². The Kier molecular flexibility index (Phi) is 9.25. The van der Waals surface area contributed by atoms with Gasteiger partial charge in [0.05, 0.1) is 32.5 Å². The molecule has 1 aliphatic rings. The van der Waals surface area contributed by atoms with E-state index in [1.807, 2.05) is 102 Å². The normalized spacial score (nSPS) is 19.6. The van der Waals surface area contributed by atoms with Gasteiger partial charge in [0.1, 0.15) is 29.8 Å². The Morgan fingerprint density at radius 1 is 0.825 bits per heavy atom. The maximum absolute atomic E-state index is 9.56. The van der Waals surface area contributed by atoms with E-state index in [0.717, 1.165) is 16.7 Å². The molecule has 0 fully saturated rings. The summed E-state index contributed by atoms with van der Waals surface area (Å²) >= 11 is 0. The van der Waals surface area contributed by atoms with E-state index in [-0.39, 0.29) is 6.04 Å². The Hall–Kier alpha value is -4.38. The molecule has 0 bridgehead atoms. The third-order valence-electron chi connectivity index (χ3n) is 6.80. The summed E-state index contributed by atoms with van der Waals surface area (Å²) in [6, 6.07) is 28.9. The number of benzene rings is 3. The molecule has 8 heteroatoms. The molecule has 0 saturated heterocycles. The Bertz CT molecular complexity index is 1470. The minimum atomic E-state index is -0.715. The van der Waals surface area contributed by atoms with Gasteiger partial charge in [-0.15, -0.1) is 0 Å². The van der Waals surface area contributed by atoms with E-state index in [0.29, 0.717) is 37.9 Å². The molecule has 1 aromatic heterocycles. The maximum Gasteiger partial charge on any atom is 0.131 e. The van der Waals surface area contributed by atoms with Crippen LogP contribution in [0.5, 0.6) is 0 Å². The van der Waals surface area contributed by atoms with Gasteiger partial charge in [-0.25, -0.2) is 4.98 Å². The highest BCUT2D eigenvalue weighted by Crippen LogP contribution is 2.39. The average Bonchev–Trinajstić information content (AvgIpc) is 3.42. The highest BCUT2D eigenvalue weighted by molar-refractivity contribution is 5.29. The molecule has 8 nitrogen and oxygen atoms in total. The Morgan fingerprint density at radius 2 is 1.38 bits per heavy atom. The van der Waals surface area contributed by atoms with Crippen LogP contribution in [-0.4, -0.2) is 28.4 Å². The van der Waals surface area contributed by atoms with Gasteiger partial charge in [-0.1, -0.05) is 102 Å². The van der Waals surface area contributed by atoms with Crippen molar-refractivity contribution in [2.45, 2.75) is 51.0 Å². The minimum Gasteiger partial charge on any atom is -0.375 e. The first kappa shape index (κ1) is 27.2. The molecule has 2 heterocycles. The van der Waals surface area contributed by atoms with Crippen molar-refractivity contribution in [3.05, 3.63) is 136 Å². The fourth-order valence-corrected chi connectivity index (χ4v) is 4.93. The van der Waals surface area contributed by atoms with Crippen LogP contribution in [-0.2, 0) is 34.0 Å². The van der Waals surface area contributed by atoms with Gasteiger partial charge in [0.2, 0.25) is 0 Å². The van der Waals surface area contributed by atoms with Crippen LogP contribution in [0.2, 0.25) is 0 Å². The molecule has 4 aromatic rings. The van der Waals surface area contributed by atoms with Crippen molar-refractivity contribution in [3.8, 4) is 11.8 Å². The van der Waals surface area contributed by atoms with Gasteiger partial charge in [-0.05, 0) is 35.1 Å². The zero-order valence-electron chi connectivity index (χ0n) is 22.3. The Balaban J connectivity index is 1.51. The van der Waals surface area contributed by atoms with Crippen LogP contribution in [0.15, 0.2) is 102 Å². The van der Waals surface area contributed by atoms with E-state index < -0.39 is 18.2 Å². The smallest absolute Gasteiger partial charge is 0.131 e. The quantitative estimate of drug-likeness (QED) is 0.0946. The minimum absolute atomic E-state index is 0.298. The van der Waals surface area contributed by atoms with Crippen molar-refractivity contribution in [2.75, 3.05) is 6.61 Å². The lowest BCUT2D eigenvalue weighted by molar-refractivity contribution is -0.138. The van der Waals surface area contributed by atoms with E-state index in [9.17, 15) is 5.53 Å². The van der Waals surface area contributed by atoms with Gasteiger partial charge in [-0.3, -0.25) is 0 Å². The van der Waals surface area contributed by atoms with Gasteiger partial charge in [0.15, 0.2) is 0 Å². The topological polar surface area (TPSA) is 94.3 Å². The van der Waals surface area contributed by atoms with Crippen molar-refractivity contribution in [1.82, 2.24) is 9.55 Å². The number of rotatable bonds is 11. The summed E-state index contributed by atoms with van der Waals surface area (Å²) < 4.78 is 21.4. The van der Waals surface area contributed by atoms with Crippen LogP contribution in [0.4, 0.5) is 0 Å². The monoisotopic (exact) mass is 533 g/mol. The number of fused-ring (bicyclic) bond motifs is 1. The fourth-order valence-electron chi connectivity index (χ4n) is 4.93. The van der Waals surface area contributed by atoms with E-state index in [4.69, 9.17) is 19.2 Å². The van der Waals surface area contributed by atoms with Crippen LogP contribution >= 0.6 is 0 Å². The average molecular weight is 534 g/mol. The number of azide groups is 1. The molecule has 2 unspecified atom stereocenters. The Morgan fingerprint density at radius 3 is 1.93 bits per heavy atom. The van der Waals surface area contributed by atoms with Crippen molar-refractivity contribution < 1.29 is 14.2 Å². The predicted octanol–water partition coefficient (Wildman–Crippen LogP) is 6.55. The van der Waals surface area contributed by atoms with Crippen LogP contribution in [0.1, 0.15) is 47.2 Å². The summed E-state index contributed by atoms with van der Waals surface area (Å²) in [5, 5.41) is 4.16.